The largest absolute Gasteiger partial charge is 0.497 e. The van der Waals surface area contributed by atoms with Crippen molar-refractivity contribution in [1.29, 1.82) is 0 Å². The van der Waals surface area contributed by atoms with Crippen LogP contribution in [0.4, 0.5) is 0 Å². The molecule has 0 atom stereocenters. The lowest BCUT2D eigenvalue weighted by molar-refractivity contribution is -0.137. The Labute approximate surface area is 196 Å². The van der Waals surface area contributed by atoms with Gasteiger partial charge in [-0.2, -0.15) is 0 Å². The molecule has 4 rings (SSSR count). The van der Waals surface area contributed by atoms with E-state index in [-0.39, 0.29) is 5.97 Å². The number of hydrogen-bond donors (Lipinski definition) is 0. The van der Waals surface area contributed by atoms with Crippen molar-refractivity contribution in [1.82, 2.24) is 0 Å². The summed E-state index contributed by atoms with van der Waals surface area (Å²) in [6, 6.07) is 21.5. The summed E-state index contributed by atoms with van der Waals surface area (Å²) in [5.74, 6) is 2.73. The Balaban J connectivity index is 1.67. The molecule has 6 heteroatoms. The second kappa shape index (κ2) is 10.2. The van der Waals surface area contributed by atoms with Crippen LogP contribution in [0, 0.1) is 0 Å². The quantitative estimate of drug-likeness (QED) is 0.210. The van der Waals surface area contributed by atoms with Gasteiger partial charge in [-0.25, -0.2) is 4.79 Å². The van der Waals surface area contributed by atoms with Crippen molar-refractivity contribution >= 4 is 33.5 Å². The molecule has 0 unspecified atom stereocenters. The SMILES string of the molecule is CCOC(=O)/C=C/c1ccc(Oc2c(-c3ccc(OC)cc3)sc3cc(OC)ccc23)cc1. The molecule has 0 N–H and O–H groups in total. The molecule has 4 aromatic rings. The van der Waals surface area contributed by atoms with Crippen molar-refractivity contribution in [2.24, 2.45) is 0 Å². The van der Waals surface area contributed by atoms with Gasteiger partial charge in [0.1, 0.15) is 17.2 Å². The molecule has 33 heavy (non-hydrogen) atoms. The normalized spacial score (nSPS) is 11.0. The molecule has 3 aromatic carbocycles. The number of fused-ring (bicyclic) bond motifs is 1. The smallest absolute Gasteiger partial charge is 0.330 e. The fraction of sp³-hybridized carbons (Fsp3) is 0.148. The summed E-state index contributed by atoms with van der Waals surface area (Å²) in [5.41, 5.74) is 1.92. The minimum absolute atomic E-state index is 0.354. The topological polar surface area (TPSA) is 54.0 Å². The lowest BCUT2D eigenvalue weighted by Gasteiger charge is -2.09. The van der Waals surface area contributed by atoms with E-state index in [1.165, 1.54) is 6.08 Å². The highest BCUT2D eigenvalue weighted by atomic mass is 32.1. The van der Waals surface area contributed by atoms with Crippen LogP contribution in [0.5, 0.6) is 23.0 Å². The number of rotatable bonds is 8. The predicted octanol–water partition coefficient (Wildman–Crippen LogP) is 6.95. The number of methoxy groups -OCH3 is 2. The van der Waals surface area contributed by atoms with E-state index in [0.29, 0.717) is 12.4 Å². The van der Waals surface area contributed by atoms with Gasteiger partial charge in [0.25, 0.3) is 0 Å². The Morgan fingerprint density at radius 2 is 1.55 bits per heavy atom. The third-order valence-corrected chi connectivity index (χ3v) is 6.19. The number of thiophene rings is 1. The van der Waals surface area contributed by atoms with Crippen LogP contribution in [-0.2, 0) is 9.53 Å². The van der Waals surface area contributed by atoms with Gasteiger partial charge in [-0.05, 0) is 78.7 Å². The average molecular weight is 461 g/mol. The third kappa shape index (κ3) is 5.18. The Morgan fingerprint density at radius 1 is 0.879 bits per heavy atom. The first-order valence-corrected chi connectivity index (χ1v) is 11.3. The highest BCUT2D eigenvalue weighted by Crippen LogP contribution is 2.47. The lowest BCUT2D eigenvalue weighted by atomic mass is 10.1. The van der Waals surface area contributed by atoms with Crippen molar-refractivity contribution in [3.8, 4) is 33.4 Å². The summed E-state index contributed by atoms with van der Waals surface area (Å²) in [5, 5.41) is 1.01. The Bertz CT molecular complexity index is 1270. The zero-order valence-electron chi connectivity index (χ0n) is 18.7. The van der Waals surface area contributed by atoms with Crippen molar-refractivity contribution in [2.45, 2.75) is 6.92 Å². The molecule has 0 saturated heterocycles. The summed E-state index contributed by atoms with van der Waals surface area (Å²) >= 11 is 1.65. The molecule has 1 aromatic heterocycles. The van der Waals surface area contributed by atoms with Crippen LogP contribution in [0.15, 0.2) is 72.8 Å². The molecule has 0 radical (unpaired) electrons. The lowest BCUT2D eigenvalue weighted by Crippen LogP contribution is -1.98. The molecule has 0 spiro atoms. The fourth-order valence-electron chi connectivity index (χ4n) is 3.33. The highest BCUT2D eigenvalue weighted by molar-refractivity contribution is 7.22. The van der Waals surface area contributed by atoms with Gasteiger partial charge in [0.05, 0.1) is 25.7 Å². The Kier molecular flexibility index (Phi) is 6.95. The maximum absolute atomic E-state index is 11.5. The summed E-state index contributed by atoms with van der Waals surface area (Å²) < 4.78 is 23.1. The third-order valence-electron chi connectivity index (χ3n) is 5.00. The van der Waals surface area contributed by atoms with E-state index in [0.717, 1.165) is 43.3 Å². The van der Waals surface area contributed by atoms with Gasteiger partial charge in [0, 0.05) is 16.2 Å². The maximum atomic E-state index is 11.5. The van der Waals surface area contributed by atoms with E-state index >= 15 is 0 Å². The van der Waals surface area contributed by atoms with E-state index < -0.39 is 0 Å². The van der Waals surface area contributed by atoms with Crippen LogP contribution < -0.4 is 14.2 Å². The highest BCUT2D eigenvalue weighted by Gasteiger charge is 2.17. The Morgan fingerprint density at radius 3 is 2.21 bits per heavy atom. The molecule has 0 fully saturated rings. The van der Waals surface area contributed by atoms with Crippen molar-refractivity contribution in [3.05, 3.63) is 78.4 Å². The standard InChI is InChI=1S/C27H24O5S/c1-4-31-25(28)16-7-18-5-10-21(11-6-18)32-26-23-15-14-22(30-3)17-24(23)33-27(26)19-8-12-20(29-2)13-9-19/h5-17H,4H2,1-3H3/b16-7+. The van der Waals surface area contributed by atoms with Crippen LogP contribution in [-0.4, -0.2) is 26.8 Å². The summed E-state index contributed by atoms with van der Waals surface area (Å²) in [7, 11) is 3.31. The van der Waals surface area contributed by atoms with E-state index in [9.17, 15) is 4.79 Å². The molecule has 0 bridgehead atoms. The fourth-order valence-corrected chi connectivity index (χ4v) is 4.50. The number of carbonyl (C=O) groups excluding carboxylic acids is 1. The van der Waals surface area contributed by atoms with Crippen molar-refractivity contribution in [2.75, 3.05) is 20.8 Å². The monoisotopic (exact) mass is 460 g/mol. The minimum Gasteiger partial charge on any atom is -0.497 e. The van der Waals surface area contributed by atoms with Gasteiger partial charge in [-0.15, -0.1) is 11.3 Å². The van der Waals surface area contributed by atoms with Crippen LogP contribution in [0.25, 0.3) is 26.6 Å². The summed E-state index contributed by atoms with van der Waals surface area (Å²) in [6.45, 7) is 2.13. The molecular weight excluding hydrogens is 436 g/mol. The van der Waals surface area contributed by atoms with Gasteiger partial charge in [0.15, 0.2) is 5.75 Å². The van der Waals surface area contributed by atoms with Gasteiger partial charge in [0.2, 0.25) is 0 Å². The summed E-state index contributed by atoms with van der Waals surface area (Å²) in [6.07, 6.45) is 3.14. The van der Waals surface area contributed by atoms with Crippen LogP contribution in [0.2, 0.25) is 0 Å². The van der Waals surface area contributed by atoms with E-state index in [2.05, 4.69) is 0 Å². The molecule has 5 nitrogen and oxygen atoms in total. The molecule has 0 amide bonds. The number of hydrogen-bond acceptors (Lipinski definition) is 6. The molecular formula is C27H24O5S. The van der Waals surface area contributed by atoms with Gasteiger partial charge >= 0.3 is 5.97 Å². The number of benzene rings is 3. The van der Waals surface area contributed by atoms with Crippen molar-refractivity contribution < 1.29 is 23.7 Å². The first-order valence-electron chi connectivity index (χ1n) is 10.5. The first-order chi connectivity index (χ1) is 16.1. The molecule has 0 aliphatic carbocycles. The van der Waals surface area contributed by atoms with Crippen molar-refractivity contribution in [3.63, 3.8) is 0 Å². The second-order valence-electron chi connectivity index (χ2n) is 7.11. The zero-order valence-corrected chi connectivity index (χ0v) is 19.5. The molecule has 0 saturated carbocycles. The molecule has 1 heterocycles. The maximum Gasteiger partial charge on any atom is 0.330 e. The molecule has 0 aliphatic rings. The Hall–Kier alpha value is -3.77. The predicted molar refractivity (Wildman–Crippen MR) is 133 cm³/mol. The number of esters is 1. The van der Waals surface area contributed by atoms with E-state index in [1.54, 1.807) is 38.6 Å². The molecule has 168 valence electrons. The first kappa shape index (κ1) is 22.4. The average Bonchev–Trinajstić information content (AvgIpc) is 3.21. The second-order valence-corrected chi connectivity index (χ2v) is 8.16. The summed E-state index contributed by atoms with van der Waals surface area (Å²) in [4.78, 5) is 12.5. The van der Waals surface area contributed by atoms with Crippen LogP contribution in [0.1, 0.15) is 12.5 Å². The van der Waals surface area contributed by atoms with Gasteiger partial charge in [-0.1, -0.05) is 12.1 Å². The van der Waals surface area contributed by atoms with Crippen LogP contribution >= 0.6 is 11.3 Å². The number of carbonyl (C=O) groups is 1. The zero-order chi connectivity index (χ0) is 23.2. The van der Waals surface area contributed by atoms with E-state index in [4.69, 9.17) is 18.9 Å². The van der Waals surface area contributed by atoms with Gasteiger partial charge in [-0.3, -0.25) is 0 Å². The van der Waals surface area contributed by atoms with Gasteiger partial charge < -0.3 is 18.9 Å². The minimum atomic E-state index is -0.359. The molecule has 0 aliphatic heterocycles. The van der Waals surface area contributed by atoms with Crippen LogP contribution in [0.3, 0.4) is 0 Å². The number of ether oxygens (including phenoxy) is 4. The van der Waals surface area contributed by atoms with E-state index in [1.807, 2.05) is 66.7 Å².